The molecule has 4 nitrogen and oxygen atoms in total. The fraction of sp³-hybridized carbons (Fsp3) is 0.429. The average molecular weight is 525 g/mol. The van der Waals surface area contributed by atoms with Crippen LogP contribution in [0.1, 0.15) is 81.4 Å². The topological polar surface area (TPSA) is 21.8 Å². The zero-order valence-corrected chi connectivity index (χ0v) is 24.6. The molecule has 39 heavy (non-hydrogen) atoms. The minimum atomic E-state index is 0.954. The fourth-order valence-electron chi connectivity index (χ4n) is 5.43. The number of anilines is 3. The molecule has 0 saturated carbocycles. The summed E-state index contributed by atoms with van der Waals surface area (Å²) in [5.41, 5.74) is 8.65. The van der Waals surface area contributed by atoms with Gasteiger partial charge in [-0.3, -0.25) is 0 Å². The first kappa shape index (κ1) is 28.8. The average Bonchev–Trinajstić information content (AvgIpc) is 3.31. The number of unbranched alkanes of at least 4 members (excludes halogenated alkanes) is 7. The molecule has 1 N–H and O–H groups in total. The summed E-state index contributed by atoms with van der Waals surface area (Å²) in [6.45, 7) is 10.9. The molecule has 4 rings (SSSR count). The summed E-state index contributed by atoms with van der Waals surface area (Å²) in [6.07, 6.45) is 14.2. The highest BCUT2D eigenvalue weighted by molar-refractivity contribution is 5.76. The molecule has 0 amide bonds. The largest absolute Gasteiger partial charge is 0.316 e. The van der Waals surface area contributed by atoms with Gasteiger partial charge in [0.05, 0.1) is 29.0 Å². The molecule has 208 valence electrons. The number of hydrogen-bond donors (Lipinski definition) is 1. The highest BCUT2D eigenvalue weighted by Crippen LogP contribution is 2.40. The Labute approximate surface area is 237 Å². The summed E-state index contributed by atoms with van der Waals surface area (Å²) in [6, 6.07) is 26.1. The van der Waals surface area contributed by atoms with Crippen molar-refractivity contribution in [3.05, 3.63) is 101 Å². The SMILES string of the molecule is CCCCCCCCCCNCCC1=CN(c2ccccc2C)N(c2ccccc2C)N1c1ccccc1C. The van der Waals surface area contributed by atoms with Gasteiger partial charge in [0.2, 0.25) is 0 Å². The maximum absolute atomic E-state index is 3.74. The van der Waals surface area contributed by atoms with E-state index < -0.39 is 0 Å². The minimum Gasteiger partial charge on any atom is -0.316 e. The molecule has 4 heteroatoms. The Morgan fingerprint density at radius 2 is 1.08 bits per heavy atom. The van der Waals surface area contributed by atoms with Crippen molar-refractivity contribution in [3.8, 4) is 0 Å². The third kappa shape index (κ3) is 7.45. The molecular formula is C35H48N4. The van der Waals surface area contributed by atoms with Crippen LogP contribution < -0.4 is 20.5 Å². The van der Waals surface area contributed by atoms with Crippen molar-refractivity contribution in [1.82, 2.24) is 5.32 Å². The number of nitrogens with one attached hydrogen (secondary N) is 1. The van der Waals surface area contributed by atoms with Gasteiger partial charge in [0.15, 0.2) is 0 Å². The number of para-hydroxylation sites is 3. The molecule has 0 saturated heterocycles. The summed E-state index contributed by atoms with van der Waals surface area (Å²) >= 11 is 0. The van der Waals surface area contributed by atoms with E-state index in [0.29, 0.717) is 0 Å². The maximum Gasteiger partial charge on any atom is 0.0853 e. The predicted molar refractivity (Wildman–Crippen MR) is 169 cm³/mol. The number of hydrogen-bond acceptors (Lipinski definition) is 4. The van der Waals surface area contributed by atoms with Crippen molar-refractivity contribution in [2.75, 3.05) is 28.2 Å². The predicted octanol–water partition coefficient (Wildman–Crippen LogP) is 9.24. The van der Waals surface area contributed by atoms with Crippen LogP contribution in [0.4, 0.5) is 17.1 Å². The van der Waals surface area contributed by atoms with Crippen LogP contribution in [0.15, 0.2) is 84.7 Å². The summed E-state index contributed by atoms with van der Waals surface area (Å²) in [4.78, 5) is 0. The van der Waals surface area contributed by atoms with Crippen molar-refractivity contribution < 1.29 is 0 Å². The van der Waals surface area contributed by atoms with Crippen LogP contribution >= 0.6 is 0 Å². The molecule has 0 atom stereocenters. The van der Waals surface area contributed by atoms with E-state index in [0.717, 1.165) is 19.5 Å². The van der Waals surface area contributed by atoms with Crippen molar-refractivity contribution in [2.45, 2.75) is 85.5 Å². The second-order valence-corrected chi connectivity index (χ2v) is 10.9. The molecule has 0 radical (unpaired) electrons. The second-order valence-electron chi connectivity index (χ2n) is 10.9. The van der Waals surface area contributed by atoms with E-state index in [-0.39, 0.29) is 0 Å². The third-order valence-corrected chi connectivity index (χ3v) is 7.74. The van der Waals surface area contributed by atoms with Crippen LogP contribution in [-0.2, 0) is 0 Å². The molecule has 0 fully saturated rings. The van der Waals surface area contributed by atoms with Crippen molar-refractivity contribution >= 4 is 17.1 Å². The molecule has 0 aliphatic carbocycles. The zero-order chi connectivity index (χ0) is 27.5. The first-order valence-electron chi connectivity index (χ1n) is 15.1. The highest BCUT2D eigenvalue weighted by Gasteiger charge is 2.34. The Morgan fingerprint density at radius 1 is 0.564 bits per heavy atom. The van der Waals surface area contributed by atoms with Gasteiger partial charge in [0.25, 0.3) is 0 Å². The molecule has 1 heterocycles. The number of nitrogens with zero attached hydrogens (tertiary/aromatic N) is 3. The fourth-order valence-corrected chi connectivity index (χ4v) is 5.43. The molecule has 3 aromatic carbocycles. The van der Waals surface area contributed by atoms with Crippen LogP contribution in [0.5, 0.6) is 0 Å². The number of aryl methyl sites for hydroxylation is 3. The van der Waals surface area contributed by atoms with Crippen LogP contribution in [0.3, 0.4) is 0 Å². The lowest BCUT2D eigenvalue weighted by atomic mass is 10.1. The van der Waals surface area contributed by atoms with Gasteiger partial charge in [-0.05, 0) is 68.6 Å². The third-order valence-electron chi connectivity index (χ3n) is 7.74. The Bertz CT molecular complexity index is 1200. The Hall–Kier alpha value is -3.24. The first-order valence-corrected chi connectivity index (χ1v) is 15.1. The van der Waals surface area contributed by atoms with Crippen LogP contribution in [0.25, 0.3) is 0 Å². The Balaban J connectivity index is 1.51. The van der Waals surface area contributed by atoms with Gasteiger partial charge in [-0.15, -0.1) is 0 Å². The van der Waals surface area contributed by atoms with Gasteiger partial charge in [-0.25, -0.2) is 10.0 Å². The van der Waals surface area contributed by atoms with Gasteiger partial charge in [-0.2, -0.15) is 5.12 Å². The molecule has 0 bridgehead atoms. The van der Waals surface area contributed by atoms with Crippen molar-refractivity contribution in [3.63, 3.8) is 0 Å². The van der Waals surface area contributed by atoms with Crippen molar-refractivity contribution in [1.29, 1.82) is 0 Å². The minimum absolute atomic E-state index is 0.954. The summed E-state index contributed by atoms with van der Waals surface area (Å²) < 4.78 is 0. The maximum atomic E-state index is 3.74. The zero-order valence-electron chi connectivity index (χ0n) is 24.6. The number of rotatable bonds is 15. The first-order chi connectivity index (χ1) is 19.1. The van der Waals surface area contributed by atoms with E-state index in [1.54, 1.807) is 0 Å². The molecule has 0 unspecified atom stereocenters. The number of benzene rings is 3. The molecule has 1 aliphatic rings. The normalized spacial score (nSPS) is 13.3. The van der Waals surface area contributed by atoms with Crippen LogP contribution in [0, 0.1) is 20.8 Å². The van der Waals surface area contributed by atoms with E-state index in [9.17, 15) is 0 Å². The monoisotopic (exact) mass is 524 g/mol. The van der Waals surface area contributed by atoms with Crippen LogP contribution in [0.2, 0.25) is 0 Å². The molecular weight excluding hydrogens is 476 g/mol. The summed E-state index contributed by atoms with van der Waals surface area (Å²) in [7, 11) is 0. The lowest BCUT2D eigenvalue weighted by Crippen LogP contribution is -2.47. The van der Waals surface area contributed by atoms with Crippen molar-refractivity contribution in [2.24, 2.45) is 0 Å². The molecule has 0 spiro atoms. The number of hydrazine groups is 2. The quantitative estimate of drug-likeness (QED) is 0.200. The van der Waals surface area contributed by atoms with E-state index in [1.165, 1.54) is 90.8 Å². The van der Waals surface area contributed by atoms with Gasteiger partial charge >= 0.3 is 0 Å². The van der Waals surface area contributed by atoms with E-state index in [4.69, 9.17) is 0 Å². The lowest BCUT2D eigenvalue weighted by Gasteiger charge is -2.40. The van der Waals surface area contributed by atoms with E-state index >= 15 is 0 Å². The van der Waals surface area contributed by atoms with E-state index in [2.05, 4.69) is 127 Å². The smallest absolute Gasteiger partial charge is 0.0853 e. The second kappa shape index (κ2) is 14.8. The summed E-state index contributed by atoms with van der Waals surface area (Å²) in [5.74, 6) is 0. The summed E-state index contributed by atoms with van der Waals surface area (Å²) in [5, 5.41) is 10.8. The lowest BCUT2D eigenvalue weighted by molar-refractivity contribution is 0.555. The van der Waals surface area contributed by atoms with E-state index in [1.807, 2.05) is 0 Å². The molecule has 3 aromatic rings. The Morgan fingerprint density at radius 3 is 1.67 bits per heavy atom. The van der Waals surface area contributed by atoms with Gasteiger partial charge in [0.1, 0.15) is 0 Å². The highest BCUT2D eigenvalue weighted by atomic mass is 15.9. The van der Waals surface area contributed by atoms with Gasteiger partial charge in [0, 0.05) is 13.0 Å². The standard InChI is InChI=1S/C35H48N4/c1-5-6-7-8-9-10-11-18-26-36-27-25-32-28-37(33-22-15-12-19-29(33)2)39(35-24-17-14-21-31(35)4)38(32)34-23-16-13-20-30(34)3/h12-17,19-24,28,36H,5-11,18,25-27H2,1-4H3. The molecule has 0 aromatic heterocycles. The van der Waals surface area contributed by atoms with Gasteiger partial charge in [-0.1, -0.05) is 106 Å². The van der Waals surface area contributed by atoms with Gasteiger partial charge < -0.3 is 5.32 Å². The van der Waals surface area contributed by atoms with Crippen LogP contribution in [-0.4, -0.2) is 13.1 Å². The molecule has 1 aliphatic heterocycles. The Kier molecular flexibility index (Phi) is 10.9.